The molecule has 1 N–H and O–H groups in total. The molecule has 0 aliphatic heterocycles. The molecule has 1 aliphatic rings. The Morgan fingerprint density at radius 1 is 1.38 bits per heavy atom. The third-order valence-corrected chi connectivity index (χ3v) is 1.72. The highest BCUT2D eigenvalue weighted by molar-refractivity contribution is 4.71. The molecule has 0 heterocycles. The van der Waals surface area contributed by atoms with Gasteiger partial charge < -0.3 is 0 Å². The van der Waals surface area contributed by atoms with Gasteiger partial charge in [0, 0.05) is 6.04 Å². The first-order valence-electron chi connectivity index (χ1n) is 3.23. The van der Waals surface area contributed by atoms with E-state index in [2.05, 4.69) is 5.32 Å². The summed E-state index contributed by atoms with van der Waals surface area (Å²) in [7, 11) is 0. The summed E-state index contributed by atoms with van der Waals surface area (Å²) in [6.45, 7) is -0.356. The van der Waals surface area contributed by atoms with Crippen LogP contribution in [-0.2, 0) is 0 Å². The van der Waals surface area contributed by atoms with E-state index >= 15 is 0 Å². The number of hydrogen-bond donors (Lipinski definition) is 1. The van der Waals surface area contributed by atoms with Gasteiger partial charge in [-0.3, -0.25) is 5.32 Å². The van der Waals surface area contributed by atoms with Crippen LogP contribution in [0, 0.1) is 0 Å². The highest BCUT2D eigenvalue weighted by Gasteiger charge is 2.12. The summed E-state index contributed by atoms with van der Waals surface area (Å²) < 4.78 is 11.5. The number of rotatable bonds is 2. The number of nitrogens with one attached hydrogen (secondary N) is 1. The molecule has 0 aromatic rings. The zero-order chi connectivity index (χ0) is 5.82. The average molecular weight is 117 g/mol. The lowest BCUT2D eigenvalue weighted by atomic mass is 10.3. The van der Waals surface area contributed by atoms with Crippen LogP contribution in [0.1, 0.15) is 25.7 Å². The molecule has 0 amide bonds. The third kappa shape index (κ3) is 1.44. The molecule has 1 rings (SSSR count). The Morgan fingerprint density at radius 2 is 2.00 bits per heavy atom. The minimum Gasteiger partial charge on any atom is -0.288 e. The number of halogens is 1. The van der Waals surface area contributed by atoms with Crippen molar-refractivity contribution < 1.29 is 4.39 Å². The lowest BCUT2D eigenvalue weighted by Crippen LogP contribution is -2.24. The molecule has 0 aromatic carbocycles. The summed E-state index contributed by atoms with van der Waals surface area (Å²) >= 11 is 0. The maximum Gasteiger partial charge on any atom is 0.140 e. The fourth-order valence-corrected chi connectivity index (χ4v) is 1.24. The van der Waals surface area contributed by atoms with Crippen LogP contribution in [0.15, 0.2) is 0 Å². The van der Waals surface area contributed by atoms with Gasteiger partial charge >= 0.3 is 0 Å². The second kappa shape index (κ2) is 3.02. The summed E-state index contributed by atoms with van der Waals surface area (Å²) in [6.07, 6.45) is 4.89. The highest BCUT2D eigenvalue weighted by atomic mass is 19.1. The van der Waals surface area contributed by atoms with Crippen molar-refractivity contribution in [1.29, 1.82) is 0 Å². The molecule has 0 radical (unpaired) electrons. The average Bonchev–Trinajstić information content (AvgIpc) is 2.19. The van der Waals surface area contributed by atoms with Gasteiger partial charge in [-0.15, -0.1) is 0 Å². The van der Waals surface area contributed by atoms with Crippen LogP contribution < -0.4 is 5.32 Å². The van der Waals surface area contributed by atoms with Crippen molar-refractivity contribution in [1.82, 2.24) is 5.32 Å². The Kier molecular flexibility index (Phi) is 2.27. The fourth-order valence-electron chi connectivity index (χ4n) is 1.24. The first kappa shape index (κ1) is 6.02. The van der Waals surface area contributed by atoms with Crippen LogP contribution in [0.3, 0.4) is 0 Å². The van der Waals surface area contributed by atoms with Gasteiger partial charge in [-0.1, -0.05) is 12.8 Å². The third-order valence-electron chi connectivity index (χ3n) is 1.72. The van der Waals surface area contributed by atoms with Gasteiger partial charge in [0.05, 0.1) is 0 Å². The molecule has 1 aliphatic carbocycles. The number of alkyl halides is 1. The minimum absolute atomic E-state index is 0.356. The van der Waals surface area contributed by atoms with Crippen molar-refractivity contribution in [2.45, 2.75) is 31.7 Å². The van der Waals surface area contributed by atoms with E-state index in [1.807, 2.05) is 0 Å². The SMILES string of the molecule is FCNC1CCCC1. The van der Waals surface area contributed by atoms with Crippen molar-refractivity contribution in [2.24, 2.45) is 0 Å². The van der Waals surface area contributed by atoms with Gasteiger partial charge in [0.1, 0.15) is 6.80 Å². The Bertz CT molecular complexity index is 59.5. The topological polar surface area (TPSA) is 12.0 Å². The van der Waals surface area contributed by atoms with Crippen LogP contribution in [-0.4, -0.2) is 12.8 Å². The van der Waals surface area contributed by atoms with Gasteiger partial charge in [-0.2, -0.15) is 0 Å². The van der Waals surface area contributed by atoms with Gasteiger partial charge in [0.25, 0.3) is 0 Å². The van der Waals surface area contributed by atoms with E-state index in [4.69, 9.17) is 0 Å². The molecule has 0 bridgehead atoms. The maximum atomic E-state index is 11.5. The lowest BCUT2D eigenvalue weighted by Gasteiger charge is -2.05. The minimum atomic E-state index is -0.356. The number of hydrogen-bond acceptors (Lipinski definition) is 1. The fraction of sp³-hybridized carbons (Fsp3) is 1.00. The maximum absolute atomic E-state index is 11.5. The molecule has 0 atom stereocenters. The molecule has 0 spiro atoms. The molecule has 0 aromatic heterocycles. The van der Waals surface area contributed by atoms with Crippen LogP contribution in [0.4, 0.5) is 4.39 Å². The van der Waals surface area contributed by atoms with Crippen molar-refractivity contribution in [2.75, 3.05) is 6.80 Å². The summed E-state index contributed by atoms with van der Waals surface area (Å²) in [5.74, 6) is 0. The van der Waals surface area contributed by atoms with Crippen LogP contribution in [0.25, 0.3) is 0 Å². The quantitative estimate of drug-likeness (QED) is 0.540. The van der Waals surface area contributed by atoms with Crippen LogP contribution in [0.2, 0.25) is 0 Å². The molecule has 2 heteroatoms. The van der Waals surface area contributed by atoms with Crippen molar-refractivity contribution >= 4 is 0 Å². The van der Waals surface area contributed by atoms with E-state index in [0.29, 0.717) is 6.04 Å². The molecule has 48 valence electrons. The predicted molar refractivity (Wildman–Crippen MR) is 31.4 cm³/mol. The van der Waals surface area contributed by atoms with E-state index in [-0.39, 0.29) is 6.80 Å². The highest BCUT2D eigenvalue weighted by Crippen LogP contribution is 2.16. The van der Waals surface area contributed by atoms with Crippen LogP contribution >= 0.6 is 0 Å². The second-order valence-electron chi connectivity index (χ2n) is 2.32. The van der Waals surface area contributed by atoms with E-state index in [1.165, 1.54) is 25.7 Å². The first-order valence-corrected chi connectivity index (χ1v) is 3.23. The molecule has 1 fully saturated rings. The molecule has 1 saturated carbocycles. The Labute approximate surface area is 49.3 Å². The van der Waals surface area contributed by atoms with E-state index in [9.17, 15) is 4.39 Å². The van der Waals surface area contributed by atoms with Gasteiger partial charge in [-0.05, 0) is 12.8 Å². The first-order chi connectivity index (χ1) is 3.93. The summed E-state index contributed by atoms with van der Waals surface area (Å²) in [5, 5.41) is 2.78. The molecule has 8 heavy (non-hydrogen) atoms. The molecule has 1 nitrogen and oxygen atoms in total. The zero-order valence-corrected chi connectivity index (χ0v) is 4.99. The molecule has 0 saturated heterocycles. The predicted octanol–water partition coefficient (Wildman–Crippen LogP) is 1.45. The van der Waals surface area contributed by atoms with E-state index in [0.717, 1.165) is 0 Å². The van der Waals surface area contributed by atoms with Crippen LogP contribution in [0.5, 0.6) is 0 Å². The van der Waals surface area contributed by atoms with E-state index < -0.39 is 0 Å². The van der Waals surface area contributed by atoms with Crippen molar-refractivity contribution in [3.63, 3.8) is 0 Å². The van der Waals surface area contributed by atoms with Crippen molar-refractivity contribution in [3.05, 3.63) is 0 Å². The Balaban J connectivity index is 2.06. The van der Waals surface area contributed by atoms with Gasteiger partial charge in [0.2, 0.25) is 0 Å². The lowest BCUT2D eigenvalue weighted by molar-refractivity contribution is 0.378. The second-order valence-corrected chi connectivity index (χ2v) is 2.32. The molecule has 0 unspecified atom stereocenters. The summed E-state index contributed by atoms with van der Waals surface area (Å²) in [6, 6.07) is 0.486. The normalized spacial score (nSPS) is 22.1. The van der Waals surface area contributed by atoms with Crippen molar-refractivity contribution in [3.8, 4) is 0 Å². The monoisotopic (exact) mass is 117 g/mol. The van der Waals surface area contributed by atoms with Gasteiger partial charge in [-0.25, -0.2) is 4.39 Å². The summed E-state index contributed by atoms with van der Waals surface area (Å²) in [4.78, 5) is 0. The Morgan fingerprint density at radius 3 is 2.50 bits per heavy atom. The van der Waals surface area contributed by atoms with E-state index in [1.54, 1.807) is 0 Å². The molecular formula is C6H12FN. The largest absolute Gasteiger partial charge is 0.288 e. The summed E-state index contributed by atoms with van der Waals surface area (Å²) in [5.41, 5.74) is 0. The standard InChI is InChI=1S/C6H12FN/c7-5-8-6-3-1-2-4-6/h6,8H,1-5H2. The smallest absolute Gasteiger partial charge is 0.140 e. The van der Waals surface area contributed by atoms with Gasteiger partial charge in [0.15, 0.2) is 0 Å². The zero-order valence-electron chi connectivity index (χ0n) is 4.99. The molecular weight excluding hydrogens is 105 g/mol. The Hall–Kier alpha value is -0.110.